The summed E-state index contributed by atoms with van der Waals surface area (Å²) in [6, 6.07) is 13.9. The summed E-state index contributed by atoms with van der Waals surface area (Å²) >= 11 is 0. The van der Waals surface area contributed by atoms with Crippen LogP contribution in [0.1, 0.15) is 35.6 Å². The van der Waals surface area contributed by atoms with Crippen molar-refractivity contribution in [2.45, 2.75) is 31.8 Å². The predicted molar refractivity (Wildman–Crippen MR) is 105 cm³/mol. The molecule has 4 rings (SSSR count). The number of fused-ring (bicyclic) bond motifs is 2. The molecular weight excluding hydrogens is 356 g/mol. The lowest BCUT2D eigenvalue weighted by atomic mass is 9.86. The number of hydrogen-bond donors (Lipinski definition) is 1. The van der Waals surface area contributed by atoms with E-state index < -0.39 is 0 Å². The second kappa shape index (κ2) is 8.02. The summed E-state index contributed by atoms with van der Waals surface area (Å²) in [5, 5.41) is 2.81. The lowest BCUT2D eigenvalue weighted by Gasteiger charge is -2.35. The molecule has 6 heteroatoms. The van der Waals surface area contributed by atoms with Crippen molar-refractivity contribution >= 4 is 17.5 Å². The number of methoxy groups -OCH3 is 1. The molecule has 2 aliphatic rings. The fourth-order valence-corrected chi connectivity index (χ4v) is 4.08. The maximum Gasteiger partial charge on any atom is 0.261 e. The number of nitrogens with one attached hydrogen (secondary N) is 1. The average Bonchev–Trinajstić information content (AvgIpc) is 2.86. The van der Waals surface area contributed by atoms with Gasteiger partial charge in [-0.1, -0.05) is 24.3 Å². The minimum Gasteiger partial charge on any atom is -0.483 e. The second-order valence-corrected chi connectivity index (χ2v) is 7.22. The molecule has 0 radical (unpaired) electrons. The lowest BCUT2D eigenvalue weighted by Crippen LogP contribution is -2.37. The van der Waals surface area contributed by atoms with Gasteiger partial charge in [-0.05, 0) is 48.6 Å². The standard InChI is InChI=1S/C22H24N2O4/c1-27-13-21(25)23-17-9-10-20-16(11-17)12-24(22(26)14-28-20)19-8-4-6-15-5-2-3-7-18(15)19/h2-3,5,7,9-11,19H,4,6,8,12-14H2,1H3,(H,23,25). The molecule has 2 amide bonds. The Morgan fingerprint density at radius 1 is 1.25 bits per heavy atom. The summed E-state index contributed by atoms with van der Waals surface area (Å²) in [7, 11) is 1.48. The molecule has 1 aliphatic heterocycles. The van der Waals surface area contributed by atoms with Gasteiger partial charge in [0, 0.05) is 18.4 Å². The Morgan fingerprint density at radius 3 is 2.96 bits per heavy atom. The van der Waals surface area contributed by atoms with Crippen LogP contribution in [0.4, 0.5) is 5.69 Å². The van der Waals surface area contributed by atoms with Crippen LogP contribution in [0.3, 0.4) is 0 Å². The number of amides is 2. The first-order valence-corrected chi connectivity index (χ1v) is 9.57. The van der Waals surface area contributed by atoms with Gasteiger partial charge in [-0.25, -0.2) is 0 Å². The third kappa shape index (κ3) is 3.73. The van der Waals surface area contributed by atoms with E-state index in [9.17, 15) is 9.59 Å². The van der Waals surface area contributed by atoms with Crippen molar-refractivity contribution in [1.29, 1.82) is 0 Å². The van der Waals surface area contributed by atoms with Crippen LogP contribution in [0.5, 0.6) is 5.75 Å². The van der Waals surface area contributed by atoms with Crippen molar-refractivity contribution in [3.05, 3.63) is 59.2 Å². The van der Waals surface area contributed by atoms with E-state index >= 15 is 0 Å². The molecule has 2 aromatic rings. The maximum absolute atomic E-state index is 12.9. The zero-order valence-electron chi connectivity index (χ0n) is 15.9. The van der Waals surface area contributed by atoms with Gasteiger partial charge in [0.15, 0.2) is 6.61 Å². The number of ether oxygens (including phenoxy) is 2. The number of carbonyl (C=O) groups is 2. The zero-order chi connectivity index (χ0) is 19.5. The number of rotatable bonds is 4. The molecule has 6 nitrogen and oxygen atoms in total. The first-order chi connectivity index (χ1) is 13.7. The molecule has 1 unspecified atom stereocenters. The van der Waals surface area contributed by atoms with Crippen molar-refractivity contribution < 1.29 is 19.1 Å². The van der Waals surface area contributed by atoms with Gasteiger partial charge in [-0.2, -0.15) is 0 Å². The number of aryl methyl sites for hydroxylation is 1. The van der Waals surface area contributed by atoms with E-state index in [0.29, 0.717) is 18.0 Å². The van der Waals surface area contributed by atoms with E-state index in [4.69, 9.17) is 9.47 Å². The normalized spacial score (nSPS) is 18.5. The van der Waals surface area contributed by atoms with Gasteiger partial charge in [-0.3, -0.25) is 9.59 Å². The largest absolute Gasteiger partial charge is 0.483 e. The molecule has 1 atom stereocenters. The predicted octanol–water partition coefficient (Wildman–Crippen LogP) is 3.07. The minimum atomic E-state index is -0.217. The summed E-state index contributed by atoms with van der Waals surface area (Å²) in [5.41, 5.74) is 4.11. The Kier molecular flexibility index (Phi) is 5.30. The quantitative estimate of drug-likeness (QED) is 0.885. The molecule has 0 bridgehead atoms. The Balaban J connectivity index is 1.62. The van der Waals surface area contributed by atoms with E-state index in [-0.39, 0.29) is 31.1 Å². The van der Waals surface area contributed by atoms with Crippen molar-refractivity contribution in [2.75, 3.05) is 25.6 Å². The van der Waals surface area contributed by atoms with Crippen molar-refractivity contribution in [2.24, 2.45) is 0 Å². The highest BCUT2D eigenvalue weighted by atomic mass is 16.5. The fraction of sp³-hybridized carbons (Fsp3) is 0.364. The highest BCUT2D eigenvalue weighted by molar-refractivity contribution is 5.92. The van der Waals surface area contributed by atoms with E-state index in [1.165, 1.54) is 18.2 Å². The fourth-order valence-electron chi connectivity index (χ4n) is 4.08. The van der Waals surface area contributed by atoms with Crippen LogP contribution >= 0.6 is 0 Å². The molecule has 0 saturated heterocycles. The highest BCUT2D eigenvalue weighted by Crippen LogP contribution is 2.37. The molecule has 1 aliphatic carbocycles. The van der Waals surface area contributed by atoms with E-state index in [0.717, 1.165) is 24.8 Å². The number of anilines is 1. The molecule has 0 aromatic heterocycles. The van der Waals surface area contributed by atoms with Gasteiger partial charge >= 0.3 is 0 Å². The molecule has 0 spiro atoms. The van der Waals surface area contributed by atoms with Crippen LogP contribution in [0, 0.1) is 0 Å². The first-order valence-electron chi connectivity index (χ1n) is 9.57. The van der Waals surface area contributed by atoms with E-state index in [1.807, 2.05) is 23.1 Å². The van der Waals surface area contributed by atoms with Crippen molar-refractivity contribution in [1.82, 2.24) is 4.90 Å². The third-order valence-corrected chi connectivity index (χ3v) is 5.35. The lowest BCUT2D eigenvalue weighted by molar-refractivity contribution is -0.136. The highest BCUT2D eigenvalue weighted by Gasteiger charge is 2.32. The van der Waals surface area contributed by atoms with Gasteiger partial charge in [0.25, 0.3) is 5.91 Å². The third-order valence-electron chi connectivity index (χ3n) is 5.35. The van der Waals surface area contributed by atoms with Crippen LogP contribution in [-0.4, -0.2) is 37.0 Å². The van der Waals surface area contributed by atoms with Gasteiger partial charge in [0.05, 0.1) is 12.6 Å². The summed E-state index contributed by atoms with van der Waals surface area (Å²) in [6.45, 7) is 0.485. The molecule has 146 valence electrons. The summed E-state index contributed by atoms with van der Waals surface area (Å²) in [5.74, 6) is 0.457. The first kappa shape index (κ1) is 18.5. The van der Waals surface area contributed by atoms with Crippen LogP contribution in [-0.2, 0) is 27.3 Å². The molecular formula is C22H24N2O4. The van der Waals surface area contributed by atoms with Gasteiger partial charge in [0.2, 0.25) is 5.91 Å². The Hall–Kier alpha value is -2.86. The monoisotopic (exact) mass is 380 g/mol. The van der Waals surface area contributed by atoms with Gasteiger partial charge < -0.3 is 19.7 Å². The SMILES string of the molecule is COCC(=O)Nc1ccc2c(c1)CN(C1CCCc3ccccc31)C(=O)CO2. The zero-order valence-corrected chi connectivity index (χ0v) is 15.9. The Labute approximate surface area is 164 Å². The molecule has 1 N–H and O–H groups in total. The van der Waals surface area contributed by atoms with Gasteiger partial charge in [0.1, 0.15) is 12.4 Å². The summed E-state index contributed by atoms with van der Waals surface area (Å²) in [4.78, 5) is 26.6. The van der Waals surface area contributed by atoms with E-state index in [1.54, 1.807) is 6.07 Å². The van der Waals surface area contributed by atoms with Crippen LogP contribution in [0.2, 0.25) is 0 Å². The van der Waals surface area contributed by atoms with Crippen LogP contribution in [0.25, 0.3) is 0 Å². The smallest absolute Gasteiger partial charge is 0.261 e. The molecule has 0 fully saturated rings. The van der Waals surface area contributed by atoms with Crippen LogP contribution in [0.15, 0.2) is 42.5 Å². The molecule has 28 heavy (non-hydrogen) atoms. The second-order valence-electron chi connectivity index (χ2n) is 7.22. The molecule has 1 heterocycles. The Morgan fingerprint density at radius 2 is 2.11 bits per heavy atom. The van der Waals surface area contributed by atoms with Crippen molar-refractivity contribution in [3.8, 4) is 5.75 Å². The minimum absolute atomic E-state index is 0.00292. The summed E-state index contributed by atoms with van der Waals surface area (Å²) < 4.78 is 10.6. The molecule has 2 aromatic carbocycles. The maximum atomic E-state index is 12.9. The molecule has 0 saturated carbocycles. The number of benzene rings is 2. The van der Waals surface area contributed by atoms with Crippen LogP contribution < -0.4 is 10.1 Å². The number of hydrogen-bond acceptors (Lipinski definition) is 4. The van der Waals surface area contributed by atoms with Gasteiger partial charge in [-0.15, -0.1) is 0 Å². The average molecular weight is 380 g/mol. The summed E-state index contributed by atoms with van der Waals surface area (Å²) in [6.07, 6.45) is 3.06. The Bertz CT molecular complexity index is 896. The number of nitrogens with zero attached hydrogens (tertiary/aromatic N) is 1. The number of carbonyl (C=O) groups excluding carboxylic acids is 2. The topological polar surface area (TPSA) is 67.9 Å². The van der Waals surface area contributed by atoms with E-state index in [2.05, 4.69) is 23.5 Å². The van der Waals surface area contributed by atoms with Crippen molar-refractivity contribution in [3.63, 3.8) is 0 Å².